The van der Waals surface area contributed by atoms with Crippen molar-refractivity contribution >= 4 is 11.9 Å². The molecular weight excluding hydrogens is 319 g/mol. The molecule has 0 spiro atoms. The second-order valence-electron chi connectivity index (χ2n) is 4.55. The standard InChI is InChI=1S/C14H16F3NO5/c1-22-7-6-11(13(20)21)18-12(19)8-23-10-4-2-9(3-5-10)14(15,16)17/h2-5,11H,6-8H2,1H3,(H,18,19)(H,20,21). The van der Waals surface area contributed by atoms with E-state index in [9.17, 15) is 22.8 Å². The van der Waals surface area contributed by atoms with Crippen molar-refractivity contribution in [2.75, 3.05) is 20.3 Å². The summed E-state index contributed by atoms with van der Waals surface area (Å²) in [6, 6.07) is 2.68. The van der Waals surface area contributed by atoms with Crippen LogP contribution in [0.5, 0.6) is 5.75 Å². The largest absolute Gasteiger partial charge is 0.484 e. The van der Waals surface area contributed by atoms with Crippen molar-refractivity contribution < 1.29 is 37.3 Å². The van der Waals surface area contributed by atoms with Crippen LogP contribution in [0.25, 0.3) is 0 Å². The SMILES string of the molecule is COCCC(NC(=O)COc1ccc(C(F)(F)F)cc1)C(=O)O. The van der Waals surface area contributed by atoms with Crippen molar-refractivity contribution in [2.24, 2.45) is 0 Å². The van der Waals surface area contributed by atoms with Gasteiger partial charge in [-0.3, -0.25) is 4.79 Å². The lowest BCUT2D eigenvalue weighted by Gasteiger charge is -2.14. The van der Waals surface area contributed by atoms with Crippen LogP contribution in [-0.2, 0) is 20.5 Å². The third-order valence-electron chi connectivity index (χ3n) is 2.80. The third kappa shape index (κ3) is 6.55. The van der Waals surface area contributed by atoms with Crippen molar-refractivity contribution in [1.82, 2.24) is 5.32 Å². The molecule has 1 atom stereocenters. The summed E-state index contributed by atoms with van der Waals surface area (Å²) in [6.45, 7) is -0.362. The molecule has 0 saturated heterocycles. The summed E-state index contributed by atoms with van der Waals surface area (Å²) in [5.74, 6) is -1.85. The number of hydrogen-bond acceptors (Lipinski definition) is 4. The van der Waals surface area contributed by atoms with Gasteiger partial charge >= 0.3 is 12.1 Å². The Labute approximate surface area is 130 Å². The first-order valence-corrected chi connectivity index (χ1v) is 6.55. The minimum absolute atomic E-state index is 0.0666. The topological polar surface area (TPSA) is 84.9 Å². The van der Waals surface area contributed by atoms with Crippen molar-refractivity contribution in [1.29, 1.82) is 0 Å². The number of hydrogen-bond donors (Lipinski definition) is 2. The maximum absolute atomic E-state index is 12.4. The molecule has 9 heteroatoms. The van der Waals surface area contributed by atoms with Gasteiger partial charge in [-0.1, -0.05) is 0 Å². The van der Waals surface area contributed by atoms with Gasteiger partial charge in [-0.05, 0) is 24.3 Å². The molecule has 0 saturated carbocycles. The van der Waals surface area contributed by atoms with E-state index in [0.717, 1.165) is 24.3 Å². The third-order valence-corrected chi connectivity index (χ3v) is 2.80. The quantitative estimate of drug-likeness (QED) is 0.755. The Balaban J connectivity index is 2.50. The van der Waals surface area contributed by atoms with Crippen LogP contribution in [0.4, 0.5) is 13.2 Å². The Morgan fingerprint density at radius 3 is 2.35 bits per heavy atom. The lowest BCUT2D eigenvalue weighted by Crippen LogP contribution is -2.43. The Bertz CT molecular complexity index is 530. The van der Waals surface area contributed by atoms with E-state index in [4.69, 9.17) is 14.6 Å². The molecule has 1 amide bonds. The molecule has 1 aromatic carbocycles. The molecule has 0 heterocycles. The molecule has 1 aromatic rings. The molecule has 0 aliphatic carbocycles. The van der Waals surface area contributed by atoms with Gasteiger partial charge in [0.1, 0.15) is 11.8 Å². The van der Waals surface area contributed by atoms with E-state index in [1.54, 1.807) is 0 Å². The summed E-state index contributed by atoms with van der Waals surface area (Å²) in [5.41, 5.74) is -0.834. The second-order valence-corrected chi connectivity index (χ2v) is 4.55. The van der Waals surface area contributed by atoms with Crippen LogP contribution in [0.3, 0.4) is 0 Å². The van der Waals surface area contributed by atoms with E-state index in [1.807, 2.05) is 0 Å². The van der Waals surface area contributed by atoms with Gasteiger partial charge in [0.15, 0.2) is 6.61 Å². The van der Waals surface area contributed by atoms with Gasteiger partial charge in [-0.25, -0.2) is 4.79 Å². The number of halogens is 3. The van der Waals surface area contributed by atoms with Crippen LogP contribution >= 0.6 is 0 Å². The number of carbonyl (C=O) groups excluding carboxylic acids is 1. The number of carboxylic acids is 1. The number of ether oxygens (including phenoxy) is 2. The molecule has 1 rings (SSSR count). The molecule has 128 valence electrons. The molecule has 0 fully saturated rings. The zero-order chi connectivity index (χ0) is 17.5. The van der Waals surface area contributed by atoms with Gasteiger partial charge in [-0.2, -0.15) is 13.2 Å². The van der Waals surface area contributed by atoms with Crippen LogP contribution in [0.2, 0.25) is 0 Å². The lowest BCUT2D eigenvalue weighted by molar-refractivity contribution is -0.142. The average molecular weight is 335 g/mol. The Morgan fingerprint density at radius 1 is 1.26 bits per heavy atom. The fourth-order valence-electron chi connectivity index (χ4n) is 1.62. The van der Waals surface area contributed by atoms with E-state index in [-0.39, 0.29) is 18.8 Å². The predicted octanol–water partition coefficient (Wildman–Crippen LogP) is 1.69. The number of rotatable bonds is 8. The fraction of sp³-hybridized carbons (Fsp3) is 0.429. The number of benzene rings is 1. The molecule has 0 radical (unpaired) electrons. The molecular formula is C14H16F3NO5. The van der Waals surface area contributed by atoms with Crippen LogP contribution in [-0.4, -0.2) is 43.3 Å². The minimum Gasteiger partial charge on any atom is -0.484 e. The monoisotopic (exact) mass is 335 g/mol. The maximum Gasteiger partial charge on any atom is 0.416 e. The zero-order valence-corrected chi connectivity index (χ0v) is 12.2. The Morgan fingerprint density at radius 2 is 1.87 bits per heavy atom. The first kappa shape index (κ1) is 18.8. The highest BCUT2D eigenvalue weighted by molar-refractivity contribution is 5.84. The normalized spacial score (nSPS) is 12.5. The van der Waals surface area contributed by atoms with Crippen molar-refractivity contribution in [3.63, 3.8) is 0 Å². The van der Waals surface area contributed by atoms with Crippen molar-refractivity contribution in [2.45, 2.75) is 18.6 Å². The summed E-state index contributed by atoms with van der Waals surface area (Å²) in [7, 11) is 1.40. The van der Waals surface area contributed by atoms with Gasteiger partial charge in [-0.15, -0.1) is 0 Å². The highest BCUT2D eigenvalue weighted by Crippen LogP contribution is 2.30. The van der Waals surface area contributed by atoms with Gasteiger partial charge in [0, 0.05) is 20.1 Å². The Hall–Kier alpha value is -2.29. The molecule has 1 unspecified atom stereocenters. The van der Waals surface area contributed by atoms with Gasteiger partial charge in [0.05, 0.1) is 5.56 Å². The number of methoxy groups -OCH3 is 1. The van der Waals surface area contributed by atoms with Crippen molar-refractivity contribution in [3.05, 3.63) is 29.8 Å². The number of nitrogens with one attached hydrogen (secondary N) is 1. The molecule has 0 aliphatic rings. The number of aliphatic carboxylic acids is 1. The van der Waals surface area contributed by atoms with Gasteiger partial charge in [0.25, 0.3) is 5.91 Å². The summed E-state index contributed by atoms with van der Waals surface area (Å²) in [4.78, 5) is 22.5. The number of alkyl halides is 3. The van der Waals surface area contributed by atoms with Gasteiger partial charge in [0.2, 0.25) is 0 Å². The maximum atomic E-state index is 12.4. The minimum atomic E-state index is -4.45. The molecule has 23 heavy (non-hydrogen) atoms. The first-order chi connectivity index (χ1) is 10.7. The highest BCUT2D eigenvalue weighted by atomic mass is 19.4. The molecule has 6 nitrogen and oxygen atoms in total. The van der Waals surface area contributed by atoms with E-state index in [2.05, 4.69) is 5.32 Å². The molecule has 0 aliphatic heterocycles. The second kappa shape index (κ2) is 8.37. The zero-order valence-electron chi connectivity index (χ0n) is 12.2. The molecule has 2 N–H and O–H groups in total. The Kier molecular flexibility index (Phi) is 6.83. The van der Waals surface area contributed by atoms with E-state index in [1.165, 1.54) is 7.11 Å². The molecule has 0 aromatic heterocycles. The van der Waals surface area contributed by atoms with Gasteiger partial charge < -0.3 is 19.9 Å². The lowest BCUT2D eigenvalue weighted by atomic mass is 10.2. The van der Waals surface area contributed by atoms with Crippen LogP contribution < -0.4 is 10.1 Å². The highest BCUT2D eigenvalue weighted by Gasteiger charge is 2.30. The summed E-state index contributed by atoms with van der Waals surface area (Å²) < 4.78 is 46.9. The number of carboxylic acid groups (broad SMARTS) is 1. The van der Waals surface area contributed by atoms with Crippen molar-refractivity contribution in [3.8, 4) is 5.75 Å². The van der Waals surface area contributed by atoms with E-state index >= 15 is 0 Å². The molecule has 0 bridgehead atoms. The number of amides is 1. The summed E-state index contributed by atoms with van der Waals surface area (Å²) in [6.07, 6.45) is -4.37. The number of carbonyl (C=O) groups is 2. The first-order valence-electron chi connectivity index (χ1n) is 6.55. The smallest absolute Gasteiger partial charge is 0.416 e. The van der Waals surface area contributed by atoms with Crippen LogP contribution in [0.15, 0.2) is 24.3 Å². The van der Waals surface area contributed by atoms with Crippen LogP contribution in [0, 0.1) is 0 Å². The van der Waals surface area contributed by atoms with E-state index < -0.39 is 36.3 Å². The predicted molar refractivity (Wildman–Crippen MR) is 73.0 cm³/mol. The summed E-state index contributed by atoms with van der Waals surface area (Å²) in [5, 5.41) is 11.2. The van der Waals surface area contributed by atoms with E-state index in [0.29, 0.717) is 0 Å². The summed E-state index contributed by atoms with van der Waals surface area (Å²) >= 11 is 0. The fourth-order valence-corrected chi connectivity index (χ4v) is 1.62. The van der Waals surface area contributed by atoms with Crippen LogP contribution in [0.1, 0.15) is 12.0 Å². The average Bonchev–Trinajstić information content (AvgIpc) is 2.48.